The summed E-state index contributed by atoms with van der Waals surface area (Å²) in [5.41, 5.74) is -0.0247. The maximum atomic E-state index is 13.4. The Labute approximate surface area is 175 Å². The lowest BCUT2D eigenvalue weighted by Crippen LogP contribution is -2.40. The van der Waals surface area contributed by atoms with E-state index in [0.29, 0.717) is 16.9 Å². The summed E-state index contributed by atoms with van der Waals surface area (Å²) in [5, 5.41) is 6.94. The number of urea groups is 1. The molecule has 0 saturated carbocycles. The Kier molecular flexibility index (Phi) is 5.14. The number of alkyl halides is 2. The van der Waals surface area contributed by atoms with Crippen LogP contribution in [0.2, 0.25) is 0 Å². The van der Waals surface area contributed by atoms with Gasteiger partial charge < -0.3 is 10.1 Å². The molecule has 1 fully saturated rings. The number of hydrogen-bond acceptors (Lipinski definition) is 4. The summed E-state index contributed by atoms with van der Waals surface area (Å²) in [6.45, 7) is -1.52. The number of ether oxygens (including phenoxy) is 1. The average molecular weight is 430 g/mol. The standard InChI is InChI=1S/C21H17F3N4O3/c1-21(13-5-7-17(8-6-13)31-19(23)24)18(29)27(20(30)25-21)12-15-9-10-28(26-15)16-4-2-3-14(22)11-16/h2-11,19H,12H2,1H3,(H,25,30). The smallest absolute Gasteiger partial charge is 0.387 e. The van der Waals surface area contributed by atoms with Gasteiger partial charge in [0, 0.05) is 6.20 Å². The van der Waals surface area contributed by atoms with Crippen molar-refractivity contribution in [2.24, 2.45) is 0 Å². The lowest BCUT2D eigenvalue weighted by atomic mass is 9.92. The predicted molar refractivity (Wildman–Crippen MR) is 103 cm³/mol. The molecule has 160 valence electrons. The topological polar surface area (TPSA) is 76.5 Å². The Morgan fingerprint density at radius 2 is 1.87 bits per heavy atom. The second kappa shape index (κ2) is 7.78. The van der Waals surface area contributed by atoms with Crippen molar-refractivity contribution in [1.29, 1.82) is 0 Å². The summed E-state index contributed by atoms with van der Waals surface area (Å²) in [6.07, 6.45) is 1.60. The van der Waals surface area contributed by atoms with Gasteiger partial charge in [-0.05, 0) is 48.9 Å². The van der Waals surface area contributed by atoms with Crippen LogP contribution < -0.4 is 10.1 Å². The quantitative estimate of drug-likeness (QED) is 0.607. The van der Waals surface area contributed by atoms with Crippen LogP contribution in [-0.4, -0.2) is 33.2 Å². The third kappa shape index (κ3) is 3.96. The summed E-state index contributed by atoms with van der Waals surface area (Å²) in [4.78, 5) is 26.5. The molecule has 4 rings (SSSR count). The van der Waals surface area contributed by atoms with E-state index in [9.17, 15) is 22.8 Å². The van der Waals surface area contributed by atoms with E-state index in [2.05, 4.69) is 15.2 Å². The molecule has 1 aromatic heterocycles. The molecule has 31 heavy (non-hydrogen) atoms. The van der Waals surface area contributed by atoms with E-state index in [-0.39, 0.29) is 12.3 Å². The van der Waals surface area contributed by atoms with Crippen molar-refractivity contribution < 1.29 is 27.5 Å². The molecule has 2 heterocycles. The molecule has 7 nitrogen and oxygen atoms in total. The third-order valence-corrected chi connectivity index (χ3v) is 4.97. The number of nitrogens with one attached hydrogen (secondary N) is 1. The summed E-state index contributed by atoms with van der Waals surface area (Å²) in [7, 11) is 0. The molecule has 1 aliphatic heterocycles. The van der Waals surface area contributed by atoms with Crippen LogP contribution >= 0.6 is 0 Å². The van der Waals surface area contributed by atoms with Crippen LogP contribution in [-0.2, 0) is 16.9 Å². The number of rotatable bonds is 6. The molecule has 1 N–H and O–H groups in total. The van der Waals surface area contributed by atoms with Crippen LogP contribution in [0.3, 0.4) is 0 Å². The fraction of sp³-hybridized carbons (Fsp3) is 0.190. The van der Waals surface area contributed by atoms with Gasteiger partial charge in [-0.2, -0.15) is 13.9 Å². The Morgan fingerprint density at radius 3 is 2.55 bits per heavy atom. The molecule has 3 aromatic rings. The Morgan fingerprint density at radius 1 is 1.13 bits per heavy atom. The van der Waals surface area contributed by atoms with Crippen LogP contribution in [0, 0.1) is 5.82 Å². The highest BCUT2D eigenvalue weighted by atomic mass is 19.3. The van der Waals surface area contributed by atoms with Gasteiger partial charge in [0.25, 0.3) is 5.91 Å². The molecule has 2 aromatic carbocycles. The molecule has 0 aliphatic carbocycles. The number of halogens is 3. The van der Waals surface area contributed by atoms with Crippen molar-refractivity contribution in [1.82, 2.24) is 20.0 Å². The van der Waals surface area contributed by atoms with Gasteiger partial charge >= 0.3 is 12.6 Å². The molecular weight excluding hydrogens is 413 g/mol. The first kappa shape index (κ1) is 20.5. The fourth-order valence-corrected chi connectivity index (χ4v) is 3.38. The van der Waals surface area contributed by atoms with Gasteiger partial charge in [0.1, 0.15) is 17.1 Å². The summed E-state index contributed by atoms with van der Waals surface area (Å²) < 4.78 is 43.8. The highest BCUT2D eigenvalue weighted by Gasteiger charge is 2.49. The molecule has 1 atom stereocenters. The lowest BCUT2D eigenvalue weighted by molar-refractivity contribution is -0.131. The second-order valence-electron chi connectivity index (χ2n) is 7.08. The van der Waals surface area contributed by atoms with Crippen molar-refractivity contribution in [3.63, 3.8) is 0 Å². The number of carbonyl (C=O) groups excluding carboxylic acids is 2. The molecule has 1 unspecified atom stereocenters. The minimum Gasteiger partial charge on any atom is -0.435 e. The van der Waals surface area contributed by atoms with Crippen LogP contribution in [0.5, 0.6) is 5.75 Å². The van der Waals surface area contributed by atoms with Gasteiger partial charge in [-0.3, -0.25) is 9.69 Å². The molecular formula is C21H17F3N4O3. The Hall–Kier alpha value is -3.82. The highest BCUT2D eigenvalue weighted by Crippen LogP contribution is 2.31. The largest absolute Gasteiger partial charge is 0.435 e. The normalized spacial score (nSPS) is 18.5. The average Bonchev–Trinajstić information content (AvgIpc) is 3.27. The van der Waals surface area contributed by atoms with E-state index in [1.54, 1.807) is 24.4 Å². The second-order valence-corrected chi connectivity index (χ2v) is 7.08. The SMILES string of the molecule is CC1(c2ccc(OC(F)F)cc2)NC(=O)N(Cc2ccn(-c3cccc(F)c3)n2)C1=O. The zero-order valence-corrected chi connectivity index (χ0v) is 16.3. The molecule has 10 heteroatoms. The van der Waals surface area contributed by atoms with E-state index in [1.807, 2.05) is 0 Å². The van der Waals surface area contributed by atoms with Gasteiger partial charge in [0.05, 0.1) is 17.9 Å². The van der Waals surface area contributed by atoms with Crippen molar-refractivity contribution in [3.8, 4) is 11.4 Å². The predicted octanol–water partition coefficient (Wildman–Crippen LogP) is 3.58. The van der Waals surface area contributed by atoms with E-state index in [4.69, 9.17) is 0 Å². The van der Waals surface area contributed by atoms with Crippen LogP contribution in [0.15, 0.2) is 60.8 Å². The van der Waals surface area contributed by atoms with Gasteiger partial charge in [-0.1, -0.05) is 18.2 Å². The third-order valence-electron chi connectivity index (χ3n) is 4.97. The van der Waals surface area contributed by atoms with E-state index < -0.39 is 29.9 Å². The Bertz CT molecular complexity index is 1130. The summed E-state index contributed by atoms with van der Waals surface area (Å²) in [5.74, 6) is -0.983. The number of imide groups is 1. The van der Waals surface area contributed by atoms with Crippen molar-refractivity contribution in [3.05, 3.63) is 77.9 Å². The van der Waals surface area contributed by atoms with Gasteiger partial charge in [0.15, 0.2) is 0 Å². The van der Waals surface area contributed by atoms with Crippen molar-refractivity contribution in [2.45, 2.75) is 25.6 Å². The minimum absolute atomic E-state index is 0.0566. The van der Waals surface area contributed by atoms with Gasteiger partial charge in [-0.25, -0.2) is 13.9 Å². The van der Waals surface area contributed by atoms with Gasteiger partial charge in [0.2, 0.25) is 0 Å². The maximum absolute atomic E-state index is 13.4. The number of benzene rings is 2. The molecule has 3 amide bonds. The van der Waals surface area contributed by atoms with Crippen LogP contribution in [0.4, 0.5) is 18.0 Å². The van der Waals surface area contributed by atoms with Crippen molar-refractivity contribution >= 4 is 11.9 Å². The fourth-order valence-electron chi connectivity index (χ4n) is 3.38. The van der Waals surface area contributed by atoms with Crippen molar-refractivity contribution in [2.75, 3.05) is 0 Å². The lowest BCUT2D eigenvalue weighted by Gasteiger charge is -2.22. The number of hydrogen-bond donors (Lipinski definition) is 1. The Balaban J connectivity index is 1.52. The minimum atomic E-state index is -2.96. The summed E-state index contributed by atoms with van der Waals surface area (Å²) >= 11 is 0. The van der Waals surface area contributed by atoms with E-state index in [0.717, 1.165) is 4.90 Å². The zero-order chi connectivity index (χ0) is 22.2. The van der Waals surface area contributed by atoms with E-state index >= 15 is 0 Å². The van der Waals surface area contributed by atoms with Crippen LogP contribution in [0.1, 0.15) is 18.2 Å². The first-order valence-electron chi connectivity index (χ1n) is 9.26. The maximum Gasteiger partial charge on any atom is 0.387 e. The number of carbonyl (C=O) groups is 2. The number of amides is 3. The van der Waals surface area contributed by atoms with E-state index in [1.165, 1.54) is 48.0 Å². The monoisotopic (exact) mass is 430 g/mol. The summed E-state index contributed by atoms with van der Waals surface area (Å²) in [6, 6.07) is 12.3. The van der Waals surface area contributed by atoms with Crippen LogP contribution in [0.25, 0.3) is 5.69 Å². The highest BCUT2D eigenvalue weighted by molar-refractivity contribution is 6.07. The molecule has 0 spiro atoms. The van der Waals surface area contributed by atoms with Gasteiger partial charge in [-0.15, -0.1) is 0 Å². The molecule has 0 bridgehead atoms. The zero-order valence-electron chi connectivity index (χ0n) is 16.3. The molecule has 1 saturated heterocycles. The number of nitrogens with zero attached hydrogens (tertiary/aromatic N) is 3. The molecule has 0 radical (unpaired) electrons. The molecule has 1 aliphatic rings. The number of aromatic nitrogens is 2. The first-order valence-corrected chi connectivity index (χ1v) is 9.26. The first-order chi connectivity index (χ1) is 14.8.